The maximum Gasteiger partial charge on any atom is 0.166 e. The lowest BCUT2D eigenvalue weighted by Crippen LogP contribution is -2.26. The molecule has 1 aliphatic carbocycles. The topological polar surface area (TPSA) is 42.0 Å². The monoisotopic (exact) mass is 402 g/mol. The quantitative estimate of drug-likeness (QED) is 0.603. The molecular weight excluding hydrogens is 376 g/mol. The van der Waals surface area contributed by atoms with Crippen molar-refractivity contribution in [2.24, 2.45) is 11.8 Å². The zero-order valence-corrected chi connectivity index (χ0v) is 16.9. The maximum absolute atomic E-state index is 12.8. The van der Waals surface area contributed by atoms with Crippen molar-refractivity contribution in [2.45, 2.75) is 58.9 Å². The Morgan fingerprint density at radius 3 is 2.68 bits per heavy atom. The van der Waals surface area contributed by atoms with Gasteiger partial charge < -0.3 is 5.32 Å². The summed E-state index contributed by atoms with van der Waals surface area (Å²) in [7, 11) is 0. The molecule has 0 bridgehead atoms. The number of rotatable bonds is 5. The lowest BCUT2D eigenvalue weighted by molar-refractivity contribution is 0.0968. The smallest absolute Gasteiger partial charge is 0.166 e. The van der Waals surface area contributed by atoms with E-state index in [0.717, 1.165) is 45.4 Å². The predicted octanol–water partition coefficient (Wildman–Crippen LogP) is 6.22. The average molecular weight is 403 g/mol. The Kier molecular flexibility index (Phi) is 5.78. The van der Waals surface area contributed by atoms with Gasteiger partial charge in [-0.15, -0.1) is 0 Å². The number of aromatic nitrogens is 1. The number of Topliss-reactive ketones (excluding diaryl/α,β-unsaturated/α-hetero) is 1. The molecule has 1 N–H and O–H groups in total. The van der Waals surface area contributed by atoms with Gasteiger partial charge in [0.1, 0.15) is 0 Å². The lowest BCUT2D eigenvalue weighted by atomic mass is 9.87. The number of ketones is 1. The Morgan fingerprint density at radius 1 is 1.28 bits per heavy atom. The van der Waals surface area contributed by atoms with Crippen LogP contribution in [0.5, 0.6) is 0 Å². The van der Waals surface area contributed by atoms with Gasteiger partial charge in [-0.1, -0.05) is 36.7 Å². The Balaban J connectivity index is 2.01. The highest BCUT2D eigenvalue weighted by Gasteiger charge is 2.22. The molecule has 1 aromatic heterocycles. The summed E-state index contributed by atoms with van der Waals surface area (Å²) in [4.78, 5) is 17.3. The number of fused-ring (bicyclic) bond motifs is 1. The lowest BCUT2D eigenvalue weighted by Gasteiger charge is -2.29. The van der Waals surface area contributed by atoms with Gasteiger partial charge in [0.15, 0.2) is 5.78 Å². The highest BCUT2D eigenvalue weighted by atomic mass is 79.9. The number of pyridine rings is 1. The molecule has 0 saturated heterocycles. The molecule has 2 aromatic rings. The SMILES string of the molecule is CC(C)CC(=O)c1cnc2ccc(Br)cc2c1N[C@H]1CC[C@H](C)CC1. The number of carbonyl (C=O) groups excluding carboxylic acids is 1. The van der Waals surface area contributed by atoms with E-state index in [1.165, 1.54) is 12.8 Å². The summed E-state index contributed by atoms with van der Waals surface area (Å²) < 4.78 is 1.01. The molecule has 1 aromatic carbocycles. The largest absolute Gasteiger partial charge is 0.381 e. The van der Waals surface area contributed by atoms with Crippen molar-refractivity contribution in [2.75, 3.05) is 5.32 Å². The molecule has 0 radical (unpaired) electrons. The molecule has 1 fully saturated rings. The van der Waals surface area contributed by atoms with E-state index in [1.807, 2.05) is 12.1 Å². The van der Waals surface area contributed by atoms with Gasteiger partial charge in [-0.3, -0.25) is 9.78 Å². The normalized spacial score (nSPS) is 20.8. The second-order valence-corrected chi connectivity index (χ2v) is 8.75. The molecule has 134 valence electrons. The summed E-state index contributed by atoms with van der Waals surface area (Å²) in [6.45, 7) is 6.49. The summed E-state index contributed by atoms with van der Waals surface area (Å²) in [5.41, 5.74) is 2.63. The third-order valence-corrected chi connectivity index (χ3v) is 5.58. The van der Waals surface area contributed by atoms with Crippen LogP contribution in [0.4, 0.5) is 5.69 Å². The highest BCUT2D eigenvalue weighted by Crippen LogP contribution is 2.33. The van der Waals surface area contributed by atoms with E-state index in [1.54, 1.807) is 6.20 Å². The molecule has 4 heteroatoms. The summed E-state index contributed by atoms with van der Waals surface area (Å²) in [6, 6.07) is 6.51. The first kappa shape index (κ1) is 18.4. The minimum absolute atomic E-state index is 0.177. The van der Waals surface area contributed by atoms with Crippen LogP contribution in [0.25, 0.3) is 10.9 Å². The second kappa shape index (κ2) is 7.86. The molecule has 0 atom stereocenters. The maximum atomic E-state index is 12.8. The number of benzene rings is 1. The summed E-state index contributed by atoms with van der Waals surface area (Å²) in [5, 5.41) is 4.74. The van der Waals surface area contributed by atoms with Crippen molar-refractivity contribution in [1.82, 2.24) is 4.98 Å². The molecule has 0 amide bonds. The number of nitrogens with one attached hydrogen (secondary N) is 1. The van der Waals surface area contributed by atoms with Crippen LogP contribution in [0.2, 0.25) is 0 Å². The Hall–Kier alpha value is -1.42. The van der Waals surface area contributed by atoms with E-state index in [9.17, 15) is 4.79 Å². The number of carbonyl (C=O) groups is 1. The number of nitrogens with zero attached hydrogens (tertiary/aromatic N) is 1. The van der Waals surface area contributed by atoms with Crippen molar-refractivity contribution in [3.05, 3.63) is 34.4 Å². The van der Waals surface area contributed by atoms with Gasteiger partial charge in [-0.05, 0) is 55.7 Å². The third-order valence-electron chi connectivity index (χ3n) is 5.09. The van der Waals surface area contributed by atoms with E-state index in [-0.39, 0.29) is 5.78 Å². The van der Waals surface area contributed by atoms with Gasteiger partial charge in [-0.2, -0.15) is 0 Å². The molecule has 25 heavy (non-hydrogen) atoms. The number of hydrogen-bond acceptors (Lipinski definition) is 3. The minimum atomic E-state index is 0.177. The van der Waals surface area contributed by atoms with E-state index >= 15 is 0 Å². The highest BCUT2D eigenvalue weighted by molar-refractivity contribution is 9.10. The molecule has 1 aliphatic rings. The van der Waals surface area contributed by atoms with Crippen molar-refractivity contribution in [1.29, 1.82) is 0 Å². The first-order valence-corrected chi connectivity index (χ1v) is 10.1. The zero-order chi connectivity index (χ0) is 18.0. The van der Waals surface area contributed by atoms with Crippen molar-refractivity contribution in [3.8, 4) is 0 Å². The molecule has 0 aliphatic heterocycles. The van der Waals surface area contributed by atoms with Gasteiger partial charge in [0.25, 0.3) is 0 Å². The molecule has 0 spiro atoms. The zero-order valence-electron chi connectivity index (χ0n) is 15.3. The Morgan fingerprint density at radius 2 is 2.00 bits per heavy atom. The van der Waals surface area contributed by atoms with Crippen LogP contribution < -0.4 is 5.32 Å². The molecule has 1 saturated carbocycles. The second-order valence-electron chi connectivity index (χ2n) is 7.83. The summed E-state index contributed by atoms with van der Waals surface area (Å²) >= 11 is 3.56. The number of anilines is 1. The van der Waals surface area contributed by atoms with Crippen LogP contribution in [-0.2, 0) is 0 Å². The first-order chi connectivity index (χ1) is 11.9. The van der Waals surface area contributed by atoms with Crippen molar-refractivity contribution >= 4 is 38.3 Å². The van der Waals surface area contributed by atoms with Crippen molar-refractivity contribution in [3.63, 3.8) is 0 Å². The standard InChI is InChI=1S/C21H27BrN2O/c1-13(2)10-20(25)18-12-23-19-9-6-15(22)11-17(19)21(18)24-16-7-4-14(3)5-8-16/h6,9,11-14,16H,4-5,7-8,10H2,1-3H3,(H,23,24)/t14-,16-. The Labute approximate surface area is 158 Å². The molecule has 3 rings (SSSR count). The fourth-order valence-corrected chi connectivity index (χ4v) is 3.98. The van der Waals surface area contributed by atoms with Crippen LogP contribution in [0.1, 0.15) is 63.2 Å². The van der Waals surface area contributed by atoms with Gasteiger partial charge in [0.05, 0.1) is 16.8 Å². The van der Waals surface area contributed by atoms with Crippen LogP contribution in [0, 0.1) is 11.8 Å². The third kappa shape index (κ3) is 4.41. The predicted molar refractivity (Wildman–Crippen MR) is 108 cm³/mol. The fourth-order valence-electron chi connectivity index (χ4n) is 3.62. The molecule has 0 unspecified atom stereocenters. The molecular formula is C21H27BrN2O. The van der Waals surface area contributed by atoms with Crippen LogP contribution in [0.15, 0.2) is 28.9 Å². The fraction of sp³-hybridized carbons (Fsp3) is 0.524. The van der Waals surface area contributed by atoms with Gasteiger partial charge in [-0.25, -0.2) is 0 Å². The van der Waals surface area contributed by atoms with E-state index in [2.05, 4.69) is 53.1 Å². The van der Waals surface area contributed by atoms with Crippen LogP contribution in [-0.4, -0.2) is 16.8 Å². The van der Waals surface area contributed by atoms with Gasteiger partial charge >= 0.3 is 0 Å². The number of halogens is 1. The van der Waals surface area contributed by atoms with Gasteiger partial charge in [0.2, 0.25) is 0 Å². The van der Waals surface area contributed by atoms with Crippen LogP contribution >= 0.6 is 15.9 Å². The molecule has 1 heterocycles. The van der Waals surface area contributed by atoms with E-state index < -0.39 is 0 Å². The van der Waals surface area contributed by atoms with Gasteiger partial charge in [0, 0.05) is 28.5 Å². The number of hydrogen-bond donors (Lipinski definition) is 1. The van der Waals surface area contributed by atoms with E-state index in [0.29, 0.717) is 18.4 Å². The van der Waals surface area contributed by atoms with Crippen molar-refractivity contribution < 1.29 is 4.79 Å². The minimum Gasteiger partial charge on any atom is -0.381 e. The molecule has 3 nitrogen and oxygen atoms in total. The average Bonchev–Trinajstić information content (AvgIpc) is 2.56. The van der Waals surface area contributed by atoms with E-state index in [4.69, 9.17) is 0 Å². The first-order valence-electron chi connectivity index (χ1n) is 9.32. The summed E-state index contributed by atoms with van der Waals surface area (Å²) in [5.74, 6) is 1.33. The van der Waals surface area contributed by atoms with Crippen LogP contribution in [0.3, 0.4) is 0 Å². The summed E-state index contributed by atoms with van der Waals surface area (Å²) in [6.07, 6.45) is 7.14. The Bertz CT molecular complexity index is 764.